The number of benzene rings is 2. The Morgan fingerprint density at radius 1 is 1.21 bits per heavy atom. The predicted octanol–water partition coefficient (Wildman–Crippen LogP) is 3.11. The van der Waals surface area contributed by atoms with Crippen LogP contribution in [0.25, 0.3) is 0 Å². The fourth-order valence-electron chi connectivity index (χ4n) is 2.80. The largest absolute Gasteiger partial charge is 0.494 e. The van der Waals surface area contributed by atoms with E-state index in [0.717, 1.165) is 24.4 Å². The Labute approximate surface area is 141 Å². The maximum atomic E-state index is 13.8. The Kier molecular flexibility index (Phi) is 5.67. The molecule has 1 aliphatic rings. The zero-order valence-corrected chi connectivity index (χ0v) is 13.8. The molecule has 0 spiro atoms. The minimum atomic E-state index is -0.327. The highest BCUT2D eigenvalue weighted by molar-refractivity contribution is 5.29. The fraction of sp³-hybridized carbons (Fsp3) is 0.368. The van der Waals surface area contributed by atoms with E-state index in [-0.39, 0.29) is 17.7 Å². The average molecular weight is 331 g/mol. The van der Waals surface area contributed by atoms with Crippen LogP contribution in [0.5, 0.6) is 11.5 Å². The molecular formula is C19H22FNO3. The minimum absolute atomic E-state index is 0.0158. The Morgan fingerprint density at radius 3 is 2.79 bits per heavy atom. The first-order valence-corrected chi connectivity index (χ1v) is 8.09. The summed E-state index contributed by atoms with van der Waals surface area (Å²) in [4.78, 5) is 2.25. The van der Waals surface area contributed by atoms with Gasteiger partial charge in [0, 0.05) is 19.6 Å². The van der Waals surface area contributed by atoms with E-state index in [1.807, 2.05) is 36.4 Å². The van der Waals surface area contributed by atoms with Crippen LogP contribution in [0.1, 0.15) is 5.56 Å². The second-order valence-electron chi connectivity index (χ2n) is 5.82. The molecule has 5 heteroatoms. The van der Waals surface area contributed by atoms with Crippen molar-refractivity contribution >= 4 is 0 Å². The second-order valence-corrected chi connectivity index (χ2v) is 5.82. The molecule has 2 aromatic carbocycles. The van der Waals surface area contributed by atoms with Gasteiger partial charge in [0.2, 0.25) is 0 Å². The summed E-state index contributed by atoms with van der Waals surface area (Å²) in [6, 6.07) is 14.8. The molecule has 0 N–H and O–H groups in total. The lowest BCUT2D eigenvalue weighted by molar-refractivity contribution is -0.0504. The van der Waals surface area contributed by atoms with Gasteiger partial charge in [-0.25, -0.2) is 4.39 Å². The first-order chi connectivity index (χ1) is 11.7. The molecule has 0 aromatic heterocycles. The van der Waals surface area contributed by atoms with E-state index in [9.17, 15) is 4.39 Å². The van der Waals surface area contributed by atoms with E-state index < -0.39 is 0 Å². The van der Waals surface area contributed by atoms with Crippen LogP contribution in [0.3, 0.4) is 0 Å². The SMILES string of the molecule is COc1ccc(CN2CCO[C@H](COc3ccccc3)C2)cc1F. The Hall–Kier alpha value is -2.11. The van der Waals surface area contributed by atoms with Crippen LogP contribution in [-0.2, 0) is 11.3 Å². The summed E-state index contributed by atoms with van der Waals surface area (Å²) in [7, 11) is 1.47. The third-order valence-corrected chi connectivity index (χ3v) is 4.02. The highest BCUT2D eigenvalue weighted by Gasteiger charge is 2.21. The zero-order valence-electron chi connectivity index (χ0n) is 13.8. The number of hydrogen-bond acceptors (Lipinski definition) is 4. The third-order valence-electron chi connectivity index (χ3n) is 4.02. The van der Waals surface area contributed by atoms with Crippen LogP contribution in [0.4, 0.5) is 4.39 Å². The van der Waals surface area contributed by atoms with Crippen molar-refractivity contribution in [1.82, 2.24) is 4.90 Å². The van der Waals surface area contributed by atoms with Crippen LogP contribution in [-0.4, -0.2) is 44.4 Å². The molecule has 128 valence electrons. The maximum Gasteiger partial charge on any atom is 0.165 e. The Bertz CT molecular complexity index is 650. The molecule has 1 heterocycles. The van der Waals surface area contributed by atoms with Gasteiger partial charge in [0.15, 0.2) is 11.6 Å². The van der Waals surface area contributed by atoms with Gasteiger partial charge in [0.1, 0.15) is 18.5 Å². The van der Waals surface area contributed by atoms with E-state index in [4.69, 9.17) is 14.2 Å². The summed E-state index contributed by atoms with van der Waals surface area (Å²) in [5.41, 5.74) is 0.929. The number of rotatable bonds is 6. The number of morpholine rings is 1. The summed E-state index contributed by atoms with van der Waals surface area (Å²) in [5.74, 6) is 0.789. The monoisotopic (exact) mass is 331 g/mol. The van der Waals surface area contributed by atoms with Crippen molar-refractivity contribution in [2.75, 3.05) is 33.4 Å². The smallest absolute Gasteiger partial charge is 0.165 e. The van der Waals surface area contributed by atoms with Crippen molar-refractivity contribution in [3.63, 3.8) is 0 Å². The molecular weight excluding hydrogens is 309 g/mol. The van der Waals surface area contributed by atoms with Gasteiger partial charge >= 0.3 is 0 Å². The molecule has 0 bridgehead atoms. The summed E-state index contributed by atoms with van der Waals surface area (Å²) in [5, 5.41) is 0. The second kappa shape index (κ2) is 8.13. The van der Waals surface area contributed by atoms with Gasteiger partial charge in [-0.15, -0.1) is 0 Å². The topological polar surface area (TPSA) is 30.9 Å². The molecule has 1 fully saturated rings. The lowest BCUT2D eigenvalue weighted by atomic mass is 10.1. The number of ether oxygens (including phenoxy) is 3. The summed E-state index contributed by atoms with van der Waals surface area (Å²) in [6.07, 6.45) is 0.0158. The van der Waals surface area contributed by atoms with Gasteiger partial charge in [-0.05, 0) is 29.8 Å². The number of hydrogen-bond donors (Lipinski definition) is 0. The van der Waals surface area contributed by atoms with E-state index in [2.05, 4.69) is 4.90 Å². The molecule has 24 heavy (non-hydrogen) atoms. The Morgan fingerprint density at radius 2 is 2.04 bits per heavy atom. The number of methoxy groups -OCH3 is 1. The van der Waals surface area contributed by atoms with Crippen molar-refractivity contribution < 1.29 is 18.6 Å². The molecule has 4 nitrogen and oxygen atoms in total. The zero-order chi connectivity index (χ0) is 16.8. The van der Waals surface area contributed by atoms with Gasteiger partial charge in [-0.1, -0.05) is 24.3 Å². The summed E-state index contributed by atoms with van der Waals surface area (Å²) < 4.78 is 30.3. The van der Waals surface area contributed by atoms with Gasteiger partial charge in [0.05, 0.1) is 13.7 Å². The molecule has 0 unspecified atom stereocenters. The van der Waals surface area contributed by atoms with Crippen LogP contribution in [0, 0.1) is 5.82 Å². The number of nitrogens with zero attached hydrogens (tertiary/aromatic N) is 1. The van der Waals surface area contributed by atoms with Crippen molar-refractivity contribution in [3.05, 3.63) is 59.9 Å². The standard InChI is InChI=1S/C19H22FNO3/c1-22-19-8-7-15(11-18(19)20)12-21-9-10-23-17(13-21)14-24-16-5-3-2-4-6-16/h2-8,11,17H,9-10,12-14H2,1H3/t17-/m0/s1. The van der Waals surface area contributed by atoms with E-state index in [0.29, 0.717) is 19.8 Å². The van der Waals surface area contributed by atoms with Crippen molar-refractivity contribution in [3.8, 4) is 11.5 Å². The lowest BCUT2D eigenvalue weighted by Gasteiger charge is -2.32. The van der Waals surface area contributed by atoms with Crippen LogP contribution in [0.2, 0.25) is 0 Å². The molecule has 2 aromatic rings. The molecule has 0 radical (unpaired) electrons. The highest BCUT2D eigenvalue weighted by atomic mass is 19.1. The van der Waals surface area contributed by atoms with Crippen molar-refractivity contribution in [2.45, 2.75) is 12.6 Å². The van der Waals surface area contributed by atoms with Gasteiger partial charge in [-0.2, -0.15) is 0 Å². The van der Waals surface area contributed by atoms with E-state index in [1.54, 1.807) is 6.07 Å². The quantitative estimate of drug-likeness (QED) is 0.814. The first kappa shape index (κ1) is 16.7. The molecule has 3 rings (SSSR count). The Balaban J connectivity index is 1.52. The van der Waals surface area contributed by atoms with Crippen molar-refractivity contribution in [2.24, 2.45) is 0 Å². The van der Waals surface area contributed by atoms with E-state index in [1.165, 1.54) is 13.2 Å². The normalized spacial score (nSPS) is 18.3. The van der Waals surface area contributed by atoms with Gasteiger partial charge < -0.3 is 14.2 Å². The highest BCUT2D eigenvalue weighted by Crippen LogP contribution is 2.19. The minimum Gasteiger partial charge on any atom is -0.494 e. The number of para-hydroxylation sites is 1. The van der Waals surface area contributed by atoms with Crippen LogP contribution < -0.4 is 9.47 Å². The molecule has 1 saturated heterocycles. The van der Waals surface area contributed by atoms with E-state index >= 15 is 0 Å². The van der Waals surface area contributed by atoms with Crippen LogP contribution >= 0.6 is 0 Å². The summed E-state index contributed by atoms with van der Waals surface area (Å²) >= 11 is 0. The van der Waals surface area contributed by atoms with Crippen LogP contribution in [0.15, 0.2) is 48.5 Å². The molecule has 0 saturated carbocycles. The molecule has 0 aliphatic carbocycles. The lowest BCUT2D eigenvalue weighted by Crippen LogP contribution is -2.44. The first-order valence-electron chi connectivity index (χ1n) is 8.09. The van der Waals surface area contributed by atoms with Gasteiger partial charge in [0.25, 0.3) is 0 Å². The van der Waals surface area contributed by atoms with Crippen molar-refractivity contribution in [1.29, 1.82) is 0 Å². The predicted molar refractivity (Wildman–Crippen MR) is 89.9 cm³/mol. The molecule has 0 amide bonds. The number of halogens is 1. The van der Waals surface area contributed by atoms with Gasteiger partial charge in [-0.3, -0.25) is 4.90 Å². The third kappa shape index (κ3) is 4.46. The molecule has 1 atom stereocenters. The molecule has 1 aliphatic heterocycles. The fourth-order valence-corrected chi connectivity index (χ4v) is 2.80. The maximum absolute atomic E-state index is 13.8. The average Bonchev–Trinajstić information content (AvgIpc) is 2.61. The summed E-state index contributed by atoms with van der Waals surface area (Å²) in [6.45, 7) is 3.45.